The summed E-state index contributed by atoms with van der Waals surface area (Å²) >= 11 is 0. The van der Waals surface area contributed by atoms with E-state index in [1.54, 1.807) is 0 Å². The summed E-state index contributed by atoms with van der Waals surface area (Å²) in [5.41, 5.74) is 5.10. The Balaban J connectivity index is 1.75. The Morgan fingerprint density at radius 2 is 1.29 bits per heavy atom. The van der Waals surface area contributed by atoms with Gasteiger partial charge in [0, 0.05) is 22.0 Å². The number of benzene rings is 4. The molecule has 28 heavy (non-hydrogen) atoms. The van der Waals surface area contributed by atoms with E-state index in [0.717, 1.165) is 28.4 Å². The first-order chi connectivity index (χ1) is 13.6. The molecule has 0 bridgehead atoms. The number of para-hydroxylation sites is 2. The second-order valence-electron chi connectivity index (χ2n) is 6.99. The molecule has 3 heteroatoms. The molecule has 136 valence electrons. The van der Waals surface area contributed by atoms with Crippen LogP contribution in [-0.4, -0.2) is 4.57 Å². The molecule has 0 atom stereocenters. The fraction of sp³-hybridized carbons (Fsp3) is 0.0400. The monoisotopic (exact) mass is 369 g/mol. The smallest absolute Gasteiger partial charge is 0.131 e. The molecule has 0 fully saturated rings. The minimum atomic E-state index is -0.442. The first-order valence-electron chi connectivity index (χ1n) is 9.18. The third-order valence-corrected chi connectivity index (χ3v) is 5.27. The largest absolute Gasteiger partial charge is 0.309 e. The van der Waals surface area contributed by atoms with Gasteiger partial charge in [0.15, 0.2) is 0 Å². The van der Waals surface area contributed by atoms with Gasteiger partial charge < -0.3 is 4.57 Å². The lowest BCUT2D eigenvalue weighted by molar-refractivity contribution is 0.603. The van der Waals surface area contributed by atoms with E-state index in [2.05, 4.69) is 28.8 Å². The topological polar surface area (TPSA) is 4.93 Å². The van der Waals surface area contributed by atoms with Gasteiger partial charge in [-0.25, -0.2) is 8.78 Å². The molecule has 4 aromatic carbocycles. The number of aromatic nitrogens is 1. The second kappa shape index (κ2) is 6.31. The van der Waals surface area contributed by atoms with Gasteiger partial charge in [0.25, 0.3) is 0 Å². The third-order valence-electron chi connectivity index (χ3n) is 5.27. The van der Waals surface area contributed by atoms with E-state index in [1.165, 1.54) is 22.9 Å². The van der Waals surface area contributed by atoms with Crippen molar-refractivity contribution in [3.8, 4) is 16.8 Å². The number of halogens is 2. The lowest BCUT2D eigenvalue weighted by atomic mass is 9.99. The van der Waals surface area contributed by atoms with Crippen molar-refractivity contribution in [1.82, 2.24) is 4.57 Å². The average molecular weight is 369 g/mol. The van der Waals surface area contributed by atoms with Crippen molar-refractivity contribution in [2.75, 3.05) is 0 Å². The molecule has 0 saturated carbocycles. The molecule has 0 aliphatic carbocycles. The first-order valence-corrected chi connectivity index (χ1v) is 9.18. The predicted octanol–water partition coefficient (Wildman–Crippen LogP) is 7.04. The fourth-order valence-electron chi connectivity index (χ4n) is 3.99. The molecule has 0 saturated heterocycles. The predicted molar refractivity (Wildman–Crippen MR) is 111 cm³/mol. The molecule has 5 aromatic rings. The van der Waals surface area contributed by atoms with Gasteiger partial charge in [-0.15, -0.1) is 0 Å². The maximum Gasteiger partial charge on any atom is 0.131 e. The van der Waals surface area contributed by atoms with Gasteiger partial charge in [-0.3, -0.25) is 0 Å². The number of hydrogen-bond acceptors (Lipinski definition) is 0. The van der Waals surface area contributed by atoms with Crippen LogP contribution >= 0.6 is 0 Å². The van der Waals surface area contributed by atoms with Crippen molar-refractivity contribution in [3.05, 3.63) is 102 Å². The Morgan fingerprint density at radius 3 is 1.93 bits per heavy atom. The van der Waals surface area contributed by atoms with Crippen molar-refractivity contribution in [2.45, 2.75) is 6.92 Å². The molecule has 5 rings (SSSR count). The van der Waals surface area contributed by atoms with Crippen molar-refractivity contribution >= 4 is 21.8 Å². The standard InChI is InChI=1S/C25H17F2N/c1-16-14-18(11-12-19(16)22-15-17(26)10-13-23(22)27)28-24-8-4-2-6-20(24)21-7-3-5-9-25(21)28/h2-15H,1H3. The van der Waals surface area contributed by atoms with Gasteiger partial charge in [-0.1, -0.05) is 42.5 Å². The van der Waals surface area contributed by atoms with Crippen LogP contribution in [0.4, 0.5) is 8.78 Å². The number of fused-ring (bicyclic) bond motifs is 3. The second-order valence-corrected chi connectivity index (χ2v) is 6.99. The Kier molecular flexibility index (Phi) is 3.76. The normalized spacial score (nSPS) is 11.4. The van der Waals surface area contributed by atoms with Crippen LogP contribution in [0.25, 0.3) is 38.6 Å². The summed E-state index contributed by atoms with van der Waals surface area (Å²) in [6.07, 6.45) is 0. The van der Waals surface area contributed by atoms with Gasteiger partial charge in [0.05, 0.1) is 11.0 Å². The molecule has 1 nitrogen and oxygen atoms in total. The summed E-state index contributed by atoms with van der Waals surface area (Å²) in [7, 11) is 0. The van der Waals surface area contributed by atoms with Gasteiger partial charge >= 0.3 is 0 Å². The minimum absolute atomic E-state index is 0.284. The van der Waals surface area contributed by atoms with Crippen molar-refractivity contribution in [1.29, 1.82) is 0 Å². The van der Waals surface area contributed by atoms with Crippen LogP contribution in [0, 0.1) is 18.6 Å². The zero-order valence-corrected chi connectivity index (χ0v) is 15.3. The van der Waals surface area contributed by atoms with Crippen LogP contribution < -0.4 is 0 Å². The number of aryl methyl sites for hydroxylation is 1. The van der Waals surface area contributed by atoms with E-state index >= 15 is 0 Å². The summed E-state index contributed by atoms with van der Waals surface area (Å²) in [6.45, 7) is 1.93. The summed E-state index contributed by atoms with van der Waals surface area (Å²) < 4.78 is 30.1. The lowest BCUT2D eigenvalue weighted by Gasteiger charge is -2.13. The molecule has 0 radical (unpaired) electrons. The van der Waals surface area contributed by atoms with Gasteiger partial charge in [0.2, 0.25) is 0 Å². The van der Waals surface area contributed by atoms with Gasteiger partial charge in [-0.05, 0) is 60.5 Å². The fourth-order valence-corrected chi connectivity index (χ4v) is 3.99. The summed E-state index contributed by atoms with van der Waals surface area (Å²) in [4.78, 5) is 0. The highest BCUT2D eigenvalue weighted by molar-refractivity contribution is 6.09. The maximum absolute atomic E-state index is 14.3. The highest BCUT2D eigenvalue weighted by atomic mass is 19.1. The number of nitrogens with zero attached hydrogens (tertiary/aromatic N) is 1. The average Bonchev–Trinajstić information content (AvgIpc) is 3.04. The van der Waals surface area contributed by atoms with Gasteiger partial charge in [0.1, 0.15) is 11.6 Å². The molecule has 1 heterocycles. The van der Waals surface area contributed by atoms with Crippen LogP contribution in [0.3, 0.4) is 0 Å². The van der Waals surface area contributed by atoms with E-state index in [0.29, 0.717) is 5.56 Å². The lowest BCUT2D eigenvalue weighted by Crippen LogP contribution is -1.96. The Bertz CT molecular complexity index is 1290. The molecule has 0 aliphatic rings. The van der Waals surface area contributed by atoms with E-state index in [4.69, 9.17) is 0 Å². The minimum Gasteiger partial charge on any atom is -0.309 e. The molecular weight excluding hydrogens is 352 g/mol. The third kappa shape index (κ3) is 2.51. The molecular formula is C25H17F2N. The highest BCUT2D eigenvalue weighted by Gasteiger charge is 2.14. The number of hydrogen-bond donors (Lipinski definition) is 0. The number of rotatable bonds is 2. The van der Waals surface area contributed by atoms with Crippen LogP contribution in [-0.2, 0) is 0 Å². The van der Waals surface area contributed by atoms with Crippen LogP contribution in [0.2, 0.25) is 0 Å². The molecule has 1 aromatic heterocycles. The molecule has 0 amide bonds. The van der Waals surface area contributed by atoms with E-state index in [1.807, 2.05) is 49.4 Å². The van der Waals surface area contributed by atoms with Gasteiger partial charge in [-0.2, -0.15) is 0 Å². The summed E-state index contributed by atoms with van der Waals surface area (Å²) in [5.74, 6) is -0.864. The Morgan fingerprint density at radius 1 is 0.643 bits per heavy atom. The molecule has 0 aliphatic heterocycles. The van der Waals surface area contributed by atoms with Crippen molar-refractivity contribution in [2.24, 2.45) is 0 Å². The van der Waals surface area contributed by atoms with Crippen molar-refractivity contribution in [3.63, 3.8) is 0 Å². The van der Waals surface area contributed by atoms with E-state index in [9.17, 15) is 8.78 Å². The molecule has 0 unspecified atom stereocenters. The van der Waals surface area contributed by atoms with Crippen LogP contribution in [0.15, 0.2) is 84.9 Å². The highest BCUT2D eigenvalue weighted by Crippen LogP contribution is 2.34. The van der Waals surface area contributed by atoms with E-state index < -0.39 is 11.6 Å². The summed E-state index contributed by atoms with van der Waals surface area (Å²) in [5, 5.41) is 2.38. The van der Waals surface area contributed by atoms with E-state index in [-0.39, 0.29) is 5.56 Å². The maximum atomic E-state index is 14.3. The van der Waals surface area contributed by atoms with Crippen molar-refractivity contribution < 1.29 is 8.78 Å². The quantitative estimate of drug-likeness (QED) is 0.314. The summed E-state index contributed by atoms with van der Waals surface area (Å²) in [6, 6.07) is 26.0. The zero-order valence-electron chi connectivity index (χ0n) is 15.3. The molecule has 0 spiro atoms. The first kappa shape index (κ1) is 16.7. The van der Waals surface area contributed by atoms with Crippen LogP contribution in [0.1, 0.15) is 5.56 Å². The van der Waals surface area contributed by atoms with Crippen LogP contribution in [0.5, 0.6) is 0 Å². The zero-order chi connectivity index (χ0) is 19.3. The Labute approximate surface area is 161 Å². The molecule has 0 N–H and O–H groups in total. The Hall–Kier alpha value is -3.46. The SMILES string of the molecule is Cc1cc(-n2c3ccccc3c3ccccc32)ccc1-c1cc(F)ccc1F.